The van der Waals surface area contributed by atoms with Crippen LogP contribution in [0.3, 0.4) is 0 Å². The molecule has 3 rings (SSSR count). The van der Waals surface area contributed by atoms with Gasteiger partial charge in [0, 0.05) is 37.3 Å². The predicted molar refractivity (Wildman–Crippen MR) is 108 cm³/mol. The van der Waals surface area contributed by atoms with E-state index >= 15 is 0 Å². The number of methoxy groups -OCH3 is 1. The summed E-state index contributed by atoms with van der Waals surface area (Å²) in [6.45, 7) is 2.30. The zero-order valence-electron chi connectivity index (χ0n) is 15.1. The van der Waals surface area contributed by atoms with Gasteiger partial charge in [0.1, 0.15) is 6.04 Å². The lowest BCUT2D eigenvalue weighted by atomic mass is 9.83. The largest absolute Gasteiger partial charge is 0.467 e. The van der Waals surface area contributed by atoms with Crippen LogP contribution < -0.4 is 10.9 Å². The Morgan fingerprint density at radius 2 is 2.23 bits per heavy atom. The van der Waals surface area contributed by atoms with Crippen molar-refractivity contribution in [2.24, 2.45) is 5.92 Å². The summed E-state index contributed by atoms with van der Waals surface area (Å²) in [5.74, 6) is 1.26. The van der Waals surface area contributed by atoms with E-state index in [4.69, 9.17) is 17.0 Å². The number of esters is 1. The number of piperidine rings is 1. The molecule has 0 saturated carbocycles. The summed E-state index contributed by atoms with van der Waals surface area (Å²) in [5, 5.41) is 3.80. The Bertz CT molecular complexity index is 737. The van der Waals surface area contributed by atoms with Crippen LogP contribution in [0.1, 0.15) is 24.5 Å². The minimum atomic E-state index is -0.420. The number of hydrogen-bond acceptors (Lipinski definition) is 5. The van der Waals surface area contributed by atoms with Crippen molar-refractivity contribution in [2.45, 2.75) is 31.3 Å². The lowest BCUT2D eigenvalue weighted by molar-refractivity contribution is -0.142. The molecule has 1 fully saturated rings. The molecule has 142 valence electrons. The van der Waals surface area contributed by atoms with Crippen molar-refractivity contribution in [2.75, 3.05) is 32.2 Å². The fourth-order valence-corrected chi connectivity index (χ4v) is 4.69. The highest BCUT2D eigenvalue weighted by molar-refractivity contribution is 7.98. The van der Waals surface area contributed by atoms with Crippen LogP contribution in [0.5, 0.6) is 0 Å². The summed E-state index contributed by atoms with van der Waals surface area (Å²) in [6, 6.07) is 5.08. The van der Waals surface area contributed by atoms with Gasteiger partial charge in [0.05, 0.1) is 7.11 Å². The number of hydrogen-bond donors (Lipinski definition) is 1. The first-order valence-corrected chi connectivity index (χ1v) is 10.7. The summed E-state index contributed by atoms with van der Waals surface area (Å²) in [7, 11) is 1.40. The zero-order valence-corrected chi connectivity index (χ0v) is 16.8. The van der Waals surface area contributed by atoms with Gasteiger partial charge in [-0.1, -0.05) is 6.07 Å². The first kappa shape index (κ1) is 19.2. The van der Waals surface area contributed by atoms with Crippen molar-refractivity contribution in [3.63, 3.8) is 0 Å². The Kier molecular flexibility index (Phi) is 6.24. The molecule has 1 aromatic rings. The smallest absolute Gasteiger partial charge is 0.328 e. The van der Waals surface area contributed by atoms with E-state index in [1.165, 1.54) is 7.11 Å². The lowest BCUT2D eigenvalue weighted by Crippen LogP contribution is -2.54. The van der Waals surface area contributed by atoms with Crippen LogP contribution in [0.4, 0.5) is 0 Å². The lowest BCUT2D eigenvalue weighted by Gasteiger charge is -2.44. The Hall–Kier alpha value is -1.54. The van der Waals surface area contributed by atoms with Crippen molar-refractivity contribution >= 4 is 35.1 Å². The molecule has 1 N–H and O–H groups in total. The Labute approximate surface area is 163 Å². The average molecular weight is 396 g/mol. The summed E-state index contributed by atoms with van der Waals surface area (Å²) < 4.78 is 6.81. The zero-order chi connectivity index (χ0) is 18.7. The van der Waals surface area contributed by atoms with Crippen molar-refractivity contribution in [3.05, 3.63) is 34.2 Å². The number of thiocarbonyl (C=S) groups is 1. The van der Waals surface area contributed by atoms with E-state index < -0.39 is 6.04 Å². The number of nitrogens with zero attached hydrogens (tertiary/aromatic N) is 2. The van der Waals surface area contributed by atoms with E-state index in [2.05, 4.69) is 10.2 Å². The van der Waals surface area contributed by atoms with Crippen molar-refractivity contribution < 1.29 is 9.53 Å². The van der Waals surface area contributed by atoms with Gasteiger partial charge in [0.25, 0.3) is 5.56 Å². The van der Waals surface area contributed by atoms with Gasteiger partial charge in [-0.3, -0.25) is 4.79 Å². The molecule has 2 aliphatic rings. The molecule has 6 nitrogen and oxygen atoms in total. The maximum atomic E-state index is 12.1. The molecule has 26 heavy (non-hydrogen) atoms. The van der Waals surface area contributed by atoms with E-state index in [0.29, 0.717) is 23.4 Å². The normalized spacial score (nSPS) is 22.3. The van der Waals surface area contributed by atoms with Crippen molar-refractivity contribution in [1.82, 2.24) is 14.8 Å². The highest BCUT2D eigenvalue weighted by Gasteiger charge is 2.36. The van der Waals surface area contributed by atoms with Crippen LogP contribution in [-0.2, 0) is 16.1 Å². The molecule has 1 saturated heterocycles. The molecule has 0 aliphatic carbocycles. The number of rotatable bonds is 5. The van der Waals surface area contributed by atoms with Crippen molar-refractivity contribution in [1.29, 1.82) is 0 Å². The number of pyridine rings is 1. The fourth-order valence-electron chi connectivity index (χ4n) is 3.93. The number of likely N-dealkylation sites (tertiary alicyclic amines) is 1. The number of ether oxygens (including phenoxy) is 1. The molecule has 0 amide bonds. The van der Waals surface area contributed by atoms with Gasteiger partial charge < -0.3 is 19.5 Å². The minimum absolute atomic E-state index is 0.0779. The summed E-state index contributed by atoms with van der Waals surface area (Å²) in [6.07, 6.45) is 3.76. The average Bonchev–Trinajstić information content (AvgIpc) is 2.65. The van der Waals surface area contributed by atoms with E-state index in [0.717, 1.165) is 37.5 Å². The molecule has 2 bridgehead atoms. The molecule has 0 aromatic carbocycles. The molecule has 0 radical (unpaired) electrons. The fraction of sp³-hybridized carbons (Fsp3) is 0.611. The summed E-state index contributed by atoms with van der Waals surface area (Å²) in [4.78, 5) is 26.3. The van der Waals surface area contributed by atoms with Crippen molar-refractivity contribution in [3.8, 4) is 0 Å². The van der Waals surface area contributed by atoms with Crippen LogP contribution in [0.25, 0.3) is 0 Å². The Morgan fingerprint density at radius 3 is 2.96 bits per heavy atom. The third-order valence-electron chi connectivity index (χ3n) is 5.16. The van der Waals surface area contributed by atoms with Crippen LogP contribution in [0.15, 0.2) is 23.0 Å². The number of fused-ring (bicyclic) bond motifs is 4. The molecular weight excluding hydrogens is 370 g/mol. The van der Waals surface area contributed by atoms with Gasteiger partial charge in [-0.2, -0.15) is 11.8 Å². The SMILES string of the molecule is COC(=O)C(CCSC)NC(=S)N1CC2CC(C1)c1cccc(=O)n1C2. The van der Waals surface area contributed by atoms with E-state index in [1.807, 2.05) is 23.0 Å². The molecule has 2 aliphatic heterocycles. The molecule has 3 unspecified atom stereocenters. The van der Waals surface area contributed by atoms with E-state index in [1.54, 1.807) is 17.8 Å². The van der Waals surface area contributed by atoms with Crippen LogP contribution >= 0.6 is 24.0 Å². The van der Waals surface area contributed by atoms with Crippen LogP contribution in [0.2, 0.25) is 0 Å². The minimum Gasteiger partial charge on any atom is -0.467 e. The van der Waals surface area contributed by atoms with Gasteiger partial charge >= 0.3 is 5.97 Å². The standard InChI is InChI=1S/C18H25N3O3S2/c1-24-17(23)14(6-7-26-2)19-18(25)20-9-12-8-13(11-20)15-4-3-5-16(22)21(15)10-12/h3-5,12-14H,6-11H2,1-2H3,(H,19,25). The van der Waals surface area contributed by atoms with Gasteiger partial charge in [-0.25, -0.2) is 4.79 Å². The maximum absolute atomic E-state index is 12.1. The Morgan fingerprint density at radius 1 is 1.42 bits per heavy atom. The molecule has 3 atom stereocenters. The monoisotopic (exact) mass is 395 g/mol. The number of carbonyl (C=O) groups is 1. The summed E-state index contributed by atoms with van der Waals surface area (Å²) in [5.41, 5.74) is 1.17. The number of nitrogens with one attached hydrogen (secondary N) is 1. The van der Waals surface area contributed by atoms with Gasteiger partial charge in [-0.15, -0.1) is 0 Å². The quantitative estimate of drug-likeness (QED) is 0.598. The highest BCUT2D eigenvalue weighted by Crippen LogP contribution is 2.34. The third-order valence-corrected chi connectivity index (χ3v) is 6.18. The number of thioether (sulfide) groups is 1. The third kappa shape index (κ3) is 4.06. The van der Waals surface area contributed by atoms with Gasteiger partial charge in [0.15, 0.2) is 5.11 Å². The maximum Gasteiger partial charge on any atom is 0.328 e. The number of carbonyl (C=O) groups excluding carboxylic acids is 1. The second-order valence-corrected chi connectivity index (χ2v) is 8.28. The first-order chi connectivity index (χ1) is 12.5. The van der Waals surface area contributed by atoms with Gasteiger partial charge in [-0.05, 0) is 49.1 Å². The van der Waals surface area contributed by atoms with E-state index in [-0.39, 0.29) is 11.5 Å². The molecule has 8 heteroatoms. The molecule has 1 aromatic heterocycles. The molecule has 3 heterocycles. The second kappa shape index (κ2) is 8.43. The second-order valence-electron chi connectivity index (χ2n) is 6.91. The highest BCUT2D eigenvalue weighted by atomic mass is 32.2. The summed E-state index contributed by atoms with van der Waals surface area (Å²) >= 11 is 7.29. The Balaban J connectivity index is 1.70. The number of aromatic nitrogens is 1. The molecule has 0 spiro atoms. The van der Waals surface area contributed by atoms with E-state index in [9.17, 15) is 9.59 Å². The van der Waals surface area contributed by atoms with Crippen LogP contribution in [0, 0.1) is 5.92 Å². The molecular formula is C18H25N3O3S2. The first-order valence-electron chi connectivity index (χ1n) is 8.85. The topological polar surface area (TPSA) is 63.6 Å². The van der Waals surface area contributed by atoms with Crippen LogP contribution in [-0.4, -0.2) is 58.8 Å². The van der Waals surface area contributed by atoms with Gasteiger partial charge in [0.2, 0.25) is 0 Å². The predicted octanol–water partition coefficient (Wildman–Crippen LogP) is 1.44.